The molecule has 0 fully saturated rings. The highest BCUT2D eigenvalue weighted by atomic mass is 79.9. The van der Waals surface area contributed by atoms with Crippen molar-refractivity contribution in [3.8, 4) is 0 Å². The van der Waals surface area contributed by atoms with E-state index < -0.39 is 0 Å². The zero-order valence-corrected chi connectivity index (χ0v) is 12.9. The minimum atomic E-state index is -0.291. The van der Waals surface area contributed by atoms with Crippen LogP contribution in [-0.2, 0) is 6.42 Å². The lowest BCUT2D eigenvalue weighted by molar-refractivity contribution is 0.621. The topological polar surface area (TPSA) is 26.0 Å². The number of hydrogen-bond acceptors (Lipinski definition) is 1. The Balaban J connectivity index is 2.22. The molecule has 5 heteroatoms. The van der Waals surface area contributed by atoms with Gasteiger partial charge in [0.1, 0.15) is 5.82 Å². The van der Waals surface area contributed by atoms with Crippen LogP contribution in [0.5, 0.6) is 0 Å². The maximum Gasteiger partial charge on any atom is 0.124 e. The molecule has 0 spiro atoms. The Bertz CT molecular complexity index is 563. The summed E-state index contributed by atoms with van der Waals surface area (Å²) in [7, 11) is 0. The summed E-state index contributed by atoms with van der Waals surface area (Å²) in [5.74, 6) is -0.291. The third-order valence-electron chi connectivity index (χ3n) is 2.69. The number of nitrogens with two attached hydrogens (primary N) is 1. The van der Waals surface area contributed by atoms with Crippen molar-refractivity contribution in [3.63, 3.8) is 0 Å². The zero-order valence-electron chi connectivity index (χ0n) is 9.84. The summed E-state index contributed by atoms with van der Waals surface area (Å²) in [6.07, 6.45) is 0.507. The molecule has 0 aliphatic heterocycles. The van der Waals surface area contributed by atoms with Crippen molar-refractivity contribution in [1.29, 1.82) is 0 Å². The molecular formula is C14H11BrCl2FN. The zero-order chi connectivity index (χ0) is 14.0. The summed E-state index contributed by atoms with van der Waals surface area (Å²) < 4.78 is 14.0. The van der Waals surface area contributed by atoms with Gasteiger partial charge in [0.05, 0.1) is 0 Å². The largest absolute Gasteiger partial charge is 0.324 e. The van der Waals surface area contributed by atoms with E-state index in [1.807, 2.05) is 6.07 Å². The van der Waals surface area contributed by atoms with Crippen LogP contribution in [0.1, 0.15) is 17.2 Å². The molecule has 2 aromatic rings. The molecule has 0 aliphatic carbocycles. The van der Waals surface area contributed by atoms with E-state index in [1.165, 1.54) is 12.1 Å². The summed E-state index contributed by atoms with van der Waals surface area (Å²) in [6, 6.07) is 9.62. The summed E-state index contributed by atoms with van der Waals surface area (Å²) in [6.45, 7) is 0. The number of rotatable bonds is 3. The van der Waals surface area contributed by atoms with Crippen LogP contribution >= 0.6 is 39.1 Å². The molecule has 0 heterocycles. The van der Waals surface area contributed by atoms with Crippen molar-refractivity contribution < 1.29 is 4.39 Å². The minimum absolute atomic E-state index is 0.287. The van der Waals surface area contributed by atoms with Gasteiger partial charge in [-0.2, -0.15) is 0 Å². The first-order valence-electron chi connectivity index (χ1n) is 5.60. The first kappa shape index (κ1) is 14.8. The van der Waals surface area contributed by atoms with Gasteiger partial charge in [-0.3, -0.25) is 0 Å². The molecule has 0 saturated heterocycles. The monoisotopic (exact) mass is 361 g/mol. The third kappa shape index (κ3) is 4.18. The van der Waals surface area contributed by atoms with E-state index in [1.54, 1.807) is 18.2 Å². The van der Waals surface area contributed by atoms with Crippen LogP contribution in [-0.4, -0.2) is 0 Å². The highest BCUT2D eigenvalue weighted by molar-refractivity contribution is 9.10. The van der Waals surface area contributed by atoms with Crippen LogP contribution in [0, 0.1) is 5.82 Å². The van der Waals surface area contributed by atoms with Crippen LogP contribution in [0.25, 0.3) is 0 Å². The second kappa shape index (κ2) is 6.23. The summed E-state index contributed by atoms with van der Waals surface area (Å²) in [5, 5.41) is 1.08. The molecule has 2 aromatic carbocycles. The Labute approximate surface area is 129 Å². The van der Waals surface area contributed by atoms with Gasteiger partial charge in [-0.1, -0.05) is 39.1 Å². The second-order valence-corrected chi connectivity index (χ2v) is 6.08. The average molecular weight is 363 g/mol. The molecule has 0 aromatic heterocycles. The standard InChI is InChI=1S/C14H11BrCl2FN/c15-10-1-8(2-13(18)6-10)3-14(19)9-4-11(16)7-12(17)5-9/h1-2,4-7,14H,3,19H2. The lowest BCUT2D eigenvalue weighted by Crippen LogP contribution is -2.13. The van der Waals surface area contributed by atoms with Gasteiger partial charge in [0, 0.05) is 20.6 Å². The van der Waals surface area contributed by atoms with E-state index in [9.17, 15) is 4.39 Å². The predicted molar refractivity (Wildman–Crippen MR) is 81.2 cm³/mol. The van der Waals surface area contributed by atoms with Crippen molar-refractivity contribution in [2.45, 2.75) is 12.5 Å². The fourth-order valence-electron chi connectivity index (χ4n) is 1.89. The molecule has 2 rings (SSSR count). The Morgan fingerprint density at radius 1 is 1.05 bits per heavy atom. The van der Waals surface area contributed by atoms with E-state index in [4.69, 9.17) is 28.9 Å². The van der Waals surface area contributed by atoms with Crippen LogP contribution in [0.15, 0.2) is 40.9 Å². The van der Waals surface area contributed by atoms with Crippen molar-refractivity contribution in [3.05, 3.63) is 67.9 Å². The van der Waals surface area contributed by atoms with Gasteiger partial charge in [0.25, 0.3) is 0 Å². The van der Waals surface area contributed by atoms with Gasteiger partial charge < -0.3 is 5.73 Å². The van der Waals surface area contributed by atoms with Crippen molar-refractivity contribution >= 4 is 39.1 Å². The maximum absolute atomic E-state index is 13.3. The van der Waals surface area contributed by atoms with Gasteiger partial charge in [-0.15, -0.1) is 0 Å². The molecule has 0 amide bonds. The highest BCUT2D eigenvalue weighted by Crippen LogP contribution is 2.25. The Morgan fingerprint density at radius 3 is 2.26 bits per heavy atom. The van der Waals surface area contributed by atoms with Gasteiger partial charge in [-0.05, 0) is 53.9 Å². The molecule has 1 atom stereocenters. The number of hydrogen-bond donors (Lipinski definition) is 1. The molecule has 19 heavy (non-hydrogen) atoms. The first-order valence-corrected chi connectivity index (χ1v) is 7.15. The molecule has 100 valence electrons. The van der Waals surface area contributed by atoms with E-state index in [-0.39, 0.29) is 11.9 Å². The Morgan fingerprint density at radius 2 is 1.68 bits per heavy atom. The van der Waals surface area contributed by atoms with Crippen LogP contribution in [0.2, 0.25) is 10.0 Å². The highest BCUT2D eigenvalue weighted by Gasteiger charge is 2.10. The van der Waals surface area contributed by atoms with E-state index in [0.717, 1.165) is 11.1 Å². The molecule has 1 unspecified atom stereocenters. The molecule has 0 radical (unpaired) electrons. The van der Waals surface area contributed by atoms with Crippen LogP contribution in [0.3, 0.4) is 0 Å². The Kier molecular flexibility index (Phi) is 4.85. The summed E-state index contributed by atoms with van der Waals surface area (Å²) in [4.78, 5) is 0. The molecule has 0 aliphatic rings. The second-order valence-electron chi connectivity index (χ2n) is 4.29. The van der Waals surface area contributed by atoms with Crippen molar-refractivity contribution in [2.24, 2.45) is 5.73 Å². The smallest absolute Gasteiger partial charge is 0.124 e. The minimum Gasteiger partial charge on any atom is -0.324 e. The lowest BCUT2D eigenvalue weighted by atomic mass is 10.00. The third-order valence-corrected chi connectivity index (χ3v) is 3.59. The fourth-order valence-corrected chi connectivity index (χ4v) is 2.95. The number of halogens is 4. The lowest BCUT2D eigenvalue weighted by Gasteiger charge is -2.13. The van der Waals surface area contributed by atoms with Crippen molar-refractivity contribution in [2.75, 3.05) is 0 Å². The van der Waals surface area contributed by atoms with E-state index in [2.05, 4.69) is 15.9 Å². The van der Waals surface area contributed by atoms with Gasteiger partial charge in [0.2, 0.25) is 0 Å². The van der Waals surface area contributed by atoms with E-state index >= 15 is 0 Å². The molecule has 1 nitrogen and oxygen atoms in total. The molecule has 0 bridgehead atoms. The normalized spacial score (nSPS) is 12.5. The van der Waals surface area contributed by atoms with Gasteiger partial charge >= 0.3 is 0 Å². The molecular weight excluding hydrogens is 352 g/mol. The quantitative estimate of drug-likeness (QED) is 0.803. The van der Waals surface area contributed by atoms with Crippen LogP contribution in [0.4, 0.5) is 4.39 Å². The summed E-state index contributed by atoms with van der Waals surface area (Å²) in [5.41, 5.74) is 7.76. The van der Waals surface area contributed by atoms with Gasteiger partial charge in [-0.25, -0.2) is 4.39 Å². The Hall–Kier alpha value is -0.610. The summed E-state index contributed by atoms with van der Waals surface area (Å²) >= 11 is 15.1. The van der Waals surface area contributed by atoms with Gasteiger partial charge in [0.15, 0.2) is 0 Å². The fraction of sp³-hybridized carbons (Fsp3) is 0.143. The molecule has 2 N–H and O–H groups in total. The van der Waals surface area contributed by atoms with Crippen LogP contribution < -0.4 is 5.73 Å². The SMILES string of the molecule is NC(Cc1cc(F)cc(Br)c1)c1cc(Cl)cc(Cl)c1. The van der Waals surface area contributed by atoms with E-state index in [0.29, 0.717) is 20.9 Å². The predicted octanol–water partition coefficient (Wildman–Crippen LogP) is 5.14. The number of benzene rings is 2. The molecule has 0 saturated carbocycles. The average Bonchev–Trinajstić information content (AvgIpc) is 2.25. The first-order chi connectivity index (χ1) is 8.94. The van der Waals surface area contributed by atoms with Crippen molar-refractivity contribution in [1.82, 2.24) is 0 Å². The maximum atomic E-state index is 13.3.